The molecule has 0 aromatic heterocycles. The van der Waals surface area contributed by atoms with Crippen molar-refractivity contribution in [2.75, 3.05) is 5.75 Å². The normalized spacial score (nSPS) is 15.4. The van der Waals surface area contributed by atoms with Crippen LogP contribution in [0.3, 0.4) is 0 Å². The number of hydrogen-bond acceptors (Lipinski definition) is 7. The fourth-order valence-corrected chi connectivity index (χ4v) is 3.49. The van der Waals surface area contributed by atoms with Crippen LogP contribution in [0.15, 0.2) is 12.7 Å². The van der Waals surface area contributed by atoms with Crippen LogP contribution >= 0.6 is 21.6 Å². The standard InChI is InChI=1S/C9H14N2O5S2/c1-2-5(12)7(6(11)9(15)16)18-17-3-4(10)8(13)14/h2,4,6-7H,1,3,10-11H2,(H,13,14)(H,15,16)/t4-,6-,7?/m0/s1. The second-order valence-corrected chi connectivity index (χ2v) is 5.77. The predicted molar refractivity (Wildman–Crippen MR) is 70.3 cm³/mol. The first-order chi connectivity index (χ1) is 8.31. The van der Waals surface area contributed by atoms with E-state index in [-0.39, 0.29) is 5.75 Å². The Morgan fingerprint density at radius 3 is 2.17 bits per heavy atom. The van der Waals surface area contributed by atoms with Crippen LogP contribution in [0.1, 0.15) is 0 Å². The van der Waals surface area contributed by atoms with Crippen LogP contribution in [0.4, 0.5) is 0 Å². The number of nitrogens with two attached hydrogens (primary N) is 2. The third-order valence-corrected chi connectivity index (χ3v) is 4.63. The summed E-state index contributed by atoms with van der Waals surface area (Å²) in [6.45, 7) is 3.26. The van der Waals surface area contributed by atoms with Crippen molar-refractivity contribution in [1.29, 1.82) is 0 Å². The average Bonchev–Trinajstić information content (AvgIpc) is 2.32. The molecule has 0 fully saturated rings. The molecular weight excluding hydrogens is 280 g/mol. The third-order valence-electron chi connectivity index (χ3n) is 1.83. The van der Waals surface area contributed by atoms with E-state index in [0.717, 1.165) is 27.7 Å². The molecule has 0 aliphatic rings. The molecule has 3 atom stereocenters. The van der Waals surface area contributed by atoms with Gasteiger partial charge in [0.05, 0.1) is 0 Å². The third kappa shape index (κ3) is 5.54. The highest BCUT2D eigenvalue weighted by atomic mass is 33.1. The van der Waals surface area contributed by atoms with Crippen molar-refractivity contribution in [3.63, 3.8) is 0 Å². The van der Waals surface area contributed by atoms with Crippen LogP contribution in [0.25, 0.3) is 0 Å². The Labute approximate surface area is 111 Å². The summed E-state index contributed by atoms with van der Waals surface area (Å²) >= 11 is 0. The largest absolute Gasteiger partial charge is 0.480 e. The van der Waals surface area contributed by atoms with Gasteiger partial charge in [-0.15, -0.1) is 0 Å². The molecule has 7 nitrogen and oxygen atoms in total. The van der Waals surface area contributed by atoms with E-state index in [1.807, 2.05) is 0 Å². The molecule has 0 rings (SSSR count). The molecule has 0 saturated heterocycles. The minimum Gasteiger partial charge on any atom is -0.480 e. The second kappa shape index (κ2) is 8.14. The molecular formula is C9H14N2O5S2. The molecule has 1 unspecified atom stereocenters. The molecule has 0 spiro atoms. The first-order valence-electron chi connectivity index (χ1n) is 4.72. The van der Waals surface area contributed by atoms with Gasteiger partial charge in [0.25, 0.3) is 0 Å². The SMILES string of the molecule is C=CC(=O)C(SSC[C@H](N)C(=O)O)[C@H](N)C(=O)O. The highest BCUT2D eigenvalue weighted by molar-refractivity contribution is 8.77. The monoisotopic (exact) mass is 294 g/mol. The Bertz CT molecular complexity index is 350. The molecule has 6 N–H and O–H groups in total. The van der Waals surface area contributed by atoms with Crippen molar-refractivity contribution in [3.05, 3.63) is 12.7 Å². The molecule has 0 aliphatic carbocycles. The number of carbonyl (C=O) groups is 3. The van der Waals surface area contributed by atoms with Crippen LogP contribution < -0.4 is 11.5 Å². The summed E-state index contributed by atoms with van der Waals surface area (Å²) in [4.78, 5) is 32.6. The minimum atomic E-state index is -1.38. The summed E-state index contributed by atoms with van der Waals surface area (Å²) in [5.41, 5.74) is 10.6. The minimum absolute atomic E-state index is 0.0350. The van der Waals surface area contributed by atoms with Gasteiger partial charge in [-0.1, -0.05) is 28.2 Å². The molecule has 0 saturated carbocycles. The molecule has 0 amide bonds. The van der Waals surface area contributed by atoms with Gasteiger partial charge in [0.1, 0.15) is 17.3 Å². The quantitative estimate of drug-likeness (QED) is 0.321. The molecule has 0 heterocycles. The molecule has 0 aromatic carbocycles. The van der Waals surface area contributed by atoms with Crippen molar-refractivity contribution in [1.82, 2.24) is 0 Å². The van der Waals surface area contributed by atoms with Crippen LogP contribution in [-0.2, 0) is 14.4 Å². The summed E-state index contributed by atoms with van der Waals surface area (Å²) < 4.78 is 0. The zero-order valence-electron chi connectivity index (χ0n) is 9.31. The smallest absolute Gasteiger partial charge is 0.322 e. The number of allylic oxidation sites excluding steroid dienone is 1. The van der Waals surface area contributed by atoms with E-state index in [4.69, 9.17) is 21.7 Å². The van der Waals surface area contributed by atoms with Gasteiger partial charge in [0, 0.05) is 5.75 Å². The lowest BCUT2D eigenvalue weighted by molar-refractivity contribution is -0.139. The maximum absolute atomic E-state index is 11.4. The van der Waals surface area contributed by atoms with Gasteiger partial charge in [0.15, 0.2) is 5.78 Å². The van der Waals surface area contributed by atoms with E-state index in [0.29, 0.717) is 0 Å². The first kappa shape index (κ1) is 17.0. The number of aliphatic carboxylic acids is 2. The van der Waals surface area contributed by atoms with Gasteiger partial charge < -0.3 is 21.7 Å². The number of hydrogen-bond donors (Lipinski definition) is 4. The molecule has 0 radical (unpaired) electrons. The topological polar surface area (TPSA) is 144 Å². The van der Waals surface area contributed by atoms with Crippen molar-refractivity contribution < 1.29 is 24.6 Å². The Morgan fingerprint density at radius 1 is 1.22 bits per heavy atom. The number of rotatable bonds is 9. The lowest BCUT2D eigenvalue weighted by atomic mass is 10.1. The van der Waals surface area contributed by atoms with E-state index >= 15 is 0 Å². The number of carbonyl (C=O) groups excluding carboxylic acids is 1. The van der Waals surface area contributed by atoms with Gasteiger partial charge in [-0.25, -0.2) is 0 Å². The van der Waals surface area contributed by atoms with Crippen LogP contribution in [0.5, 0.6) is 0 Å². The molecule has 0 aromatic rings. The van der Waals surface area contributed by atoms with Crippen LogP contribution in [-0.4, -0.2) is 51.0 Å². The van der Waals surface area contributed by atoms with Gasteiger partial charge in [0.2, 0.25) is 0 Å². The van der Waals surface area contributed by atoms with Crippen molar-refractivity contribution in [3.8, 4) is 0 Å². The lowest BCUT2D eigenvalue weighted by Crippen LogP contribution is -2.43. The first-order valence-corrected chi connectivity index (χ1v) is 7.10. The second-order valence-electron chi connectivity index (χ2n) is 3.22. The molecule has 9 heteroatoms. The summed E-state index contributed by atoms with van der Waals surface area (Å²) in [6.07, 6.45) is 0.984. The van der Waals surface area contributed by atoms with Gasteiger partial charge in [-0.2, -0.15) is 0 Å². The van der Waals surface area contributed by atoms with Crippen molar-refractivity contribution in [2.24, 2.45) is 11.5 Å². The van der Waals surface area contributed by atoms with Gasteiger partial charge in [-0.3, -0.25) is 14.4 Å². The summed E-state index contributed by atoms with van der Waals surface area (Å²) in [6, 6.07) is -2.46. The lowest BCUT2D eigenvalue weighted by Gasteiger charge is -2.17. The van der Waals surface area contributed by atoms with Gasteiger partial charge >= 0.3 is 11.9 Å². The van der Waals surface area contributed by atoms with E-state index in [2.05, 4.69) is 6.58 Å². The maximum Gasteiger partial charge on any atom is 0.322 e. The predicted octanol–water partition coefficient (Wildman–Crippen LogP) is -0.685. The van der Waals surface area contributed by atoms with Crippen molar-refractivity contribution in [2.45, 2.75) is 17.3 Å². The van der Waals surface area contributed by atoms with Crippen molar-refractivity contribution >= 4 is 39.3 Å². The highest BCUT2D eigenvalue weighted by Gasteiger charge is 2.30. The van der Waals surface area contributed by atoms with Crippen LogP contribution in [0.2, 0.25) is 0 Å². The number of carboxylic acid groups (broad SMARTS) is 2. The summed E-state index contributed by atoms with van der Waals surface area (Å²) in [7, 11) is 1.87. The molecule has 102 valence electrons. The Balaban J connectivity index is 4.44. The van der Waals surface area contributed by atoms with E-state index in [1.54, 1.807) is 0 Å². The number of carboxylic acids is 2. The molecule has 18 heavy (non-hydrogen) atoms. The zero-order chi connectivity index (χ0) is 14.3. The summed E-state index contributed by atoms with van der Waals surface area (Å²) in [5.74, 6) is -2.97. The van der Waals surface area contributed by atoms with E-state index in [9.17, 15) is 14.4 Å². The summed E-state index contributed by atoms with van der Waals surface area (Å²) in [5, 5.41) is 16.3. The highest BCUT2D eigenvalue weighted by Crippen LogP contribution is 2.29. The van der Waals surface area contributed by atoms with Crippen LogP contribution in [0, 0.1) is 0 Å². The Hall–Kier alpha value is -1.03. The van der Waals surface area contributed by atoms with Gasteiger partial charge in [-0.05, 0) is 6.08 Å². The maximum atomic E-state index is 11.4. The fraction of sp³-hybridized carbons (Fsp3) is 0.444. The fourth-order valence-electron chi connectivity index (χ4n) is 0.787. The Morgan fingerprint density at radius 2 is 1.78 bits per heavy atom. The molecule has 0 bridgehead atoms. The number of ketones is 1. The van der Waals surface area contributed by atoms with E-state index in [1.165, 1.54) is 0 Å². The van der Waals surface area contributed by atoms with E-state index < -0.39 is 35.1 Å². The zero-order valence-corrected chi connectivity index (χ0v) is 10.9. The Kier molecular flexibility index (Phi) is 7.67. The average molecular weight is 294 g/mol. The molecule has 0 aliphatic heterocycles.